The average Bonchev–Trinajstić information content (AvgIpc) is 3.02. The van der Waals surface area contributed by atoms with Gasteiger partial charge >= 0.3 is 5.97 Å². The van der Waals surface area contributed by atoms with E-state index < -0.39 is 17.2 Å². The van der Waals surface area contributed by atoms with Crippen LogP contribution in [0.15, 0.2) is 48.5 Å². The highest BCUT2D eigenvalue weighted by Crippen LogP contribution is 2.43. The number of carboxylic acid groups (broad SMARTS) is 1. The number of para-hydroxylation sites is 2. The summed E-state index contributed by atoms with van der Waals surface area (Å²) in [5.74, 6) is -1.54. The number of nitrogens with one attached hydrogen (secondary N) is 1. The minimum absolute atomic E-state index is 0.101. The van der Waals surface area contributed by atoms with E-state index in [1.165, 1.54) is 6.07 Å². The van der Waals surface area contributed by atoms with Crippen molar-refractivity contribution in [2.24, 2.45) is 5.41 Å². The van der Waals surface area contributed by atoms with Crippen molar-refractivity contribution < 1.29 is 19.1 Å². The molecule has 0 fully saturated rings. The molecule has 2 aromatic carbocycles. The Kier molecular flexibility index (Phi) is 4.86. The fraction of sp³-hybridized carbons (Fsp3) is 0.304. The highest BCUT2D eigenvalue weighted by atomic mass is 19.1. The summed E-state index contributed by atoms with van der Waals surface area (Å²) in [7, 11) is 0. The van der Waals surface area contributed by atoms with E-state index in [1.807, 2.05) is 35.8 Å². The molecule has 1 aliphatic rings. The van der Waals surface area contributed by atoms with Crippen molar-refractivity contribution in [2.45, 2.75) is 39.2 Å². The normalized spacial score (nSPS) is 18.4. The standard InChI is InChI=1S/C23H23FN2O3/c1-2-23(22(29)25-18-9-5-4-8-17(18)24)12-11-20-16(13-23)15-7-3-6-10-19(15)26(20)14-21(27)28/h3-10H,2,11-14H2,1H3,(H,25,29)(H,27,28). The maximum Gasteiger partial charge on any atom is 0.323 e. The second kappa shape index (κ2) is 7.35. The number of hydrogen-bond acceptors (Lipinski definition) is 2. The van der Waals surface area contributed by atoms with Crippen LogP contribution in [0.25, 0.3) is 10.9 Å². The number of hydrogen-bond donors (Lipinski definition) is 2. The minimum atomic E-state index is -0.891. The molecule has 1 unspecified atom stereocenters. The van der Waals surface area contributed by atoms with Crippen LogP contribution in [-0.2, 0) is 29.0 Å². The lowest BCUT2D eigenvalue weighted by Gasteiger charge is -2.35. The number of carbonyl (C=O) groups is 2. The third kappa shape index (κ3) is 3.28. The van der Waals surface area contributed by atoms with Crippen LogP contribution < -0.4 is 5.32 Å². The van der Waals surface area contributed by atoms with Gasteiger partial charge in [0.25, 0.3) is 0 Å². The van der Waals surface area contributed by atoms with Gasteiger partial charge in [-0.05, 0) is 49.4 Å². The van der Waals surface area contributed by atoms with Crippen LogP contribution in [0.5, 0.6) is 0 Å². The molecule has 1 aliphatic carbocycles. The number of carboxylic acids is 1. The molecule has 0 aliphatic heterocycles. The van der Waals surface area contributed by atoms with Crippen LogP contribution in [0.2, 0.25) is 0 Å². The molecule has 4 rings (SSSR count). The van der Waals surface area contributed by atoms with E-state index in [2.05, 4.69) is 5.32 Å². The van der Waals surface area contributed by atoms with Crippen molar-refractivity contribution in [3.63, 3.8) is 0 Å². The first-order valence-corrected chi connectivity index (χ1v) is 9.82. The monoisotopic (exact) mass is 394 g/mol. The zero-order valence-corrected chi connectivity index (χ0v) is 16.2. The van der Waals surface area contributed by atoms with Crippen LogP contribution in [-0.4, -0.2) is 21.6 Å². The number of rotatable bonds is 5. The molecule has 0 saturated heterocycles. The summed E-state index contributed by atoms with van der Waals surface area (Å²) in [5.41, 5.74) is 2.41. The summed E-state index contributed by atoms with van der Waals surface area (Å²) in [5, 5.41) is 13.1. The SMILES string of the molecule is CCC1(C(=O)Nc2ccccc2F)CCc2c(c3ccccc3n2CC(=O)O)C1. The number of nitrogens with zero attached hydrogens (tertiary/aromatic N) is 1. The van der Waals surface area contributed by atoms with Crippen LogP contribution >= 0.6 is 0 Å². The maximum absolute atomic E-state index is 14.0. The van der Waals surface area contributed by atoms with E-state index in [-0.39, 0.29) is 18.1 Å². The Labute approximate surface area is 168 Å². The minimum Gasteiger partial charge on any atom is -0.480 e. The quantitative estimate of drug-likeness (QED) is 0.674. The van der Waals surface area contributed by atoms with Gasteiger partial charge < -0.3 is 15.0 Å². The number of halogens is 1. The smallest absolute Gasteiger partial charge is 0.323 e. The average molecular weight is 394 g/mol. The first-order chi connectivity index (χ1) is 13.9. The Morgan fingerprint density at radius 1 is 1.17 bits per heavy atom. The molecule has 2 N–H and O–H groups in total. The molecule has 150 valence electrons. The summed E-state index contributed by atoms with van der Waals surface area (Å²) in [6.07, 6.45) is 2.32. The Morgan fingerprint density at radius 3 is 2.62 bits per heavy atom. The summed E-state index contributed by atoms with van der Waals surface area (Å²) in [4.78, 5) is 24.6. The number of fused-ring (bicyclic) bond motifs is 3. The third-order valence-corrected chi connectivity index (χ3v) is 6.12. The molecule has 0 spiro atoms. The van der Waals surface area contributed by atoms with Crippen LogP contribution in [0.4, 0.5) is 10.1 Å². The number of amides is 1. The van der Waals surface area contributed by atoms with Gasteiger partial charge in [-0.3, -0.25) is 9.59 Å². The van der Waals surface area contributed by atoms with Gasteiger partial charge in [0.1, 0.15) is 12.4 Å². The Hall–Kier alpha value is -3.15. The summed E-state index contributed by atoms with van der Waals surface area (Å²) < 4.78 is 15.9. The Morgan fingerprint density at radius 2 is 1.90 bits per heavy atom. The maximum atomic E-state index is 14.0. The largest absolute Gasteiger partial charge is 0.480 e. The molecular formula is C23H23FN2O3. The number of benzene rings is 2. The molecule has 0 saturated carbocycles. The second-order valence-corrected chi connectivity index (χ2v) is 7.67. The second-order valence-electron chi connectivity index (χ2n) is 7.67. The summed E-state index contributed by atoms with van der Waals surface area (Å²) in [6.45, 7) is 1.87. The van der Waals surface area contributed by atoms with Gasteiger partial charge in [-0.25, -0.2) is 4.39 Å². The lowest BCUT2D eigenvalue weighted by Crippen LogP contribution is -2.41. The van der Waals surface area contributed by atoms with Crippen LogP contribution in [0, 0.1) is 11.2 Å². The lowest BCUT2D eigenvalue weighted by molar-refractivity contribution is -0.137. The van der Waals surface area contributed by atoms with E-state index >= 15 is 0 Å². The van der Waals surface area contributed by atoms with Gasteiger partial charge in [-0.15, -0.1) is 0 Å². The van der Waals surface area contributed by atoms with E-state index in [0.29, 0.717) is 25.7 Å². The first kappa shape index (κ1) is 19.2. The van der Waals surface area contributed by atoms with Crippen LogP contribution in [0.1, 0.15) is 31.0 Å². The molecule has 29 heavy (non-hydrogen) atoms. The molecule has 6 heteroatoms. The van der Waals surface area contributed by atoms with E-state index in [9.17, 15) is 19.1 Å². The van der Waals surface area contributed by atoms with Crippen molar-refractivity contribution in [3.05, 3.63) is 65.6 Å². The van der Waals surface area contributed by atoms with Crippen molar-refractivity contribution in [1.82, 2.24) is 4.57 Å². The highest BCUT2D eigenvalue weighted by Gasteiger charge is 2.42. The predicted molar refractivity (Wildman–Crippen MR) is 109 cm³/mol. The first-order valence-electron chi connectivity index (χ1n) is 9.82. The molecule has 1 heterocycles. The molecule has 3 aromatic rings. The van der Waals surface area contributed by atoms with E-state index in [0.717, 1.165) is 22.2 Å². The van der Waals surface area contributed by atoms with Gasteiger partial charge in [0.05, 0.1) is 11.1 Å². The Balaban J connectivity index is 1.73. The van der Waals surface area contributed by atoms with Gasteiger partial charge in [0.2, 0.25) is 5.91 Å². The predicted octanol–water partition coefficient (Wildman–Crippen LogP) is 4.39. The third-order valence-electron chi connectivity index (χ3n) is 6.12. The molecule has 1 amide bonds. The van der Waals surface area contributed by atoms with Crippen molar-refractivity contribution in [3.8, 4) is 0 Å². The summed E-state index contributed by atoms with van der Waals surface area (Å²) >= 11 is 0. The number of anilines is 1. The molecule has 5 nitrogen and oxygen atoms in total. The van der Waals surface area contributed by atoms with E-state index in [4.69, 9.17) is 0 Å². The lowest BCUT2D eigenvalue weighted by atomic mass is 9.70. The highest BCUT2D eigenvalue weighted by molar-refractivity contribution is 5.97. The van der Waals surface area contributed by atoms with E-state index in [1.54, 1.807) is 18.2 Å². The molecule has 1 atom stereocenters. The van der Waals surface area contributed by atoms with Gasteiger partial charge in [0, 0.05) is 16.6 Å². The van der Waals surface area contributed by atoms with Crippen molar-refractivity contribution in [2.75, 3.05) is 5.32 Å². The number of aliphatic carboxylic acids is 1. The zero-order chi connectivity index (χ0) is 20.6. The fourth-order valence-corrected chi connectivity index (χ4v) is 4.48. The van der Waals surface area contributed by atoms with Crippen LogP contribution in [0.3, 0.4) is 0 Å². The summed E-state index contributed by atoms with van der Waals surface area (Å²) in [6, 6.07) is 13.9. The van der Waals surface area contributed by atoms with Crippen molar-refractivity contribution >= 4 is 28.5 Å². The number of aromatic nitrogens is 1. The van der Waals surface area contributed by atoms with Gasteiger partial charge in [0.15, 0.2) is 0 Å². The number of carbonyl (C=O) groups excluding carboxylic acids is 1. The topological polar surface area (TPSA) is 71.3 Å². The Bertz CT molecular complexity index is 1100. The molecule has 1 aromatic heterocycles. The zero-order valence-electron chi connectivity index (χ0n) is 16.2. The van der Waals surface area contributed by atoms with Crippen molar-refractivity contribution in [1.29, 1.82) is 0 Å². The molecule has 0 bridgehead atoms. The molecule has 0 radical (unpaired) electrons. The van der Waals surface area contributed by atoms with Gasteiger partial charge in [-0.2, -0.15) is 0 Å². The fourth-order valence-electron chi connectivity index (χ4n) is 4.48. The molecular weight excluding hydrogens is 371 g/mol. The van der Waals surface area contributed by atoms with Gasteiger partial charge in [-0.1, -0.05) is 37.3 Å².